The van der Waals surface area contributed by atoms with Crippen molar-refractivity contribution in [2.75, 3.05) is 6.54 Å². The fourth-order valence-electron chi connectivity index (χ4n) is 2.00. The van der Waals surface area contributed by atoms with Gasteiger partial charge in [0.15, 0.2) is 0 Å². The van der Waals surface area contributed by atoms with Crippen molar-refractivity contribution >= 4 is 17.5 Å². The second-order valence-corrected chi connectivity index (χ2v) is 4.32. The molecule has 4 heteroatoms. The number of nitrogens with one attached hydrogen (secondary N) is 2. The lowest BCUT2D eigenvalue weighted by Gasteiger charge is -2.28. The Morgan fingerprint density at radius 1 is 1.62 bits per heavy atom. The first kappa shape index (κ1) is 11.4. The Balaban J connectivity index is 2.28. The second kappa shape index (κ2) is 4.85. The zero-order valence-electron chi connectivity index (χ0n) is 9.22. The van der Waals surface area contributed by atoms with Gasteiger partial charge in [-0.2, -0.15) is 0 Å². The molecule has 0 radical (unpaired) electrons. The van der Waals surface area contributed by atoms with Crippen LogP contribution in [0.25, 0.3) is 0 Å². The van der Waals surface area contributed by atoms with E-state index in [1.54, 1.807) is 0 Å². The van der Waals surface area contributed by atoms with Crippen LogP contribution in [0, 0.1) is 0 Å². The van der Waals surface area contributed by atoms with E-state index in [0.29, 0.717) is 6.42 Å². The third-order valence-electron chi connectivity index (χ3n) is 2.81. The van der Waals surface area contributed by atoms with Gasteiger partial charge in [0.1, 0.15) is 0 Å². The Kier molecular flexibility index (Phi) is 3.46. The van der Waals surface area contributed by atoms with Gasteiger partial charge >= 0.3 is 0 Å². The standard InChI is InChI=1S/C12H15ClN2O/c1-2-11(16)15-10-7-14-6-8-4-3-5-9(13)12(8)10/h3-5,10,14H,2,6-7H2,1H3,(H,15,16). The highest BCUT2D eigenvalue weighted by atomic mass is 35.5. The van der Waals surface area contributed by atoms with Crippen LogP contribution in [0.2, 0.25) is 5.02 Å². The second-order valence-electron chi connectivity index (χ2n) is 3.92. The van der Waals surface area contributed by atoms with Gasteiger partial charge in [-0.25, -0.2) is 0 Å². The normalized spacial score (nSPS) is 19.0. The van der Waals surface area contributed by atoms with Crippen LogP contribution in [0.15, 0.2) is 18.2 Å². The van der Waals surface area contributed by atoms with Gasteiger partial charge in [0.2, 0.25) is 5.91 Å². The average Bonchev–Trinajstić information content (AvgIpc) is 2.29. The van der Waals surface area contributed by atoms with Gasteiger partial charge in [-0.3, -0.25) is 4.79 Å². The van der Waals surface area contributed by atoms with E-state index in [9.17, 15) is 4.79 Å². The van der Waals surface area contributed by atoms with Crippen molar-refractivity contribution in [3.05, 3.63) is 34.3 Å². The van der Waals surface area contributed by atoms with E-state index in [1.807, 2.05) is 25.1 Å². The Hall–Kier alpha value is -1.06. The van der Waals surface area contributed by atoms with E-state index >= 15 is 0 Å². The summed E-state index contributed by atoms with van der Waals surface area (Å²) in [6.45, 7) is 3.40. The number of hydrogen-bond acceptors (Lipinski definition) is 2. The first-order valence-electron chi connectivity index (χ1n) is 5.49. The van der Waals surface area contributed by atoms with Crippen molar-refractivity contribution in [2.45, 2.75) is 25.9 Å². The number of benzene rings is 1. The molecule has 0 saturated heterocycles. The third-order valence-corrected chi connectivity index (χ3v) is 3.14. The molecule has 3 nitrogen and oxygen atoms in total. The van der Waals surface area contributed by atoms with E-state index in [2.05, 4.69) is 10.6 Å². The fourth-order valence-corrected chi connectivity index (χ4v) is 2.32. The number of carbonyl (C=O) groups excluding carboxylic acids is 1. The molecular formula is C12H15ClN2O. The third kappa shape index (κ3) is 2.20. The summed E-state index contributed by atoms with van der Waals surface area (Å²) in [4.78, 5) is 11.4. The van der Waals surface area contributed by atoms with Crippen LogP contribution in [0.3, 0.4) is 0 Å². The largest absolute Gasteiger partial charge is 0.348 e. The highest BCUT2D eigenvalue weighted by Gasteiger charge is 2.23. The van der Waals surface area contributed by atoms with E-state index < -0.39 is 0 Å². The average molecular weight is 239 g/mol. The summed E-state index contributed by atoms with van der Waals surface area (Å²) in [6, 6.07) is 5.84. The van der Waals surface area contributed by atoms with Crippen molar-refractivity contribution in [3.63, 3.8) is 0 Å². The highest BCUT2D eigenvalue weighted by molar-refractivity contribution is 6.31. The van der Waals surface area contributed by atoms with Crippen molar-refractivity contribution < 1.29 is 4.79 Å². The molecule has 1 aliphatic heterocycles. The molecule has 1 aromatic carbocycles. The smallest absolute Gasteiger partial charge is 0.220 e. The Bertz CT molecular complexity index is 406. The molecule has 0 bridgehead atoms. The van der Waals surface area contributed by atoms with Crippen molar-refractivity contribution in [3.8, 4) is 0 Å². The lowest BCUT2D eigenvalue weighted by Crippen LogP contribution is -2.39. The lowest BCUT2D eigenvalue weighted by atomic mass is 9.96. The number of rotatable bonds is 2. The van der Waals surface area contributed by atoms with Gasteiger partial charge in [-0.15, -0.1) is 0 Å². The molecule has 1 unspecified atom stereocenters. The van der Waals surface area contributed by atoms with Gasteiger partial charge < -0.3 is 10.6 Å². The molecule has 2 rings (SSSR count). The van der Waals surface area contributed by atoms with E-state index in [1.165, 1.54) is 5.56 Å². The monoisotopic (exact) mass is 238 g/mol. The van der Waals surface area contributed by atoms with Gasteiger partial charge in [-0.05, 0) is 17.2 Å². The molecule has 86 valence electrons. The minimum absolute atomic E-state index is 0.00935. The predicted octanol–water partition coefficient (Wildman–Crippen LogP) is 2.01. The quantitative estimate of drug-likeness (QED) is 0.828. The maximum Gasteiger partial charge on any atom is 0.220 e. The van der Waals surface area contributed by atoms with E-state index in [4.69, 9.17) is 11.6 Å². The molecular weight excluding hydrogens is 224 g/mol. The maximum absolute atomic E-state index is 11.4. The van der Waals surface area contributed by atoms with Crippen LogP contribution >= 0.6 is 11.6 Å². The van der Waals surface area contributed by atoms with Gasteiger partial charge in [0, 0.05) is 24.5 Å². The topological polar surface area (TPSA) is 41.1 Å². The maximum atomic E-state index is 11.4. The number of hydrogen-bond donors (Lipinski definition) is 2. The number of halogens is 1. The van der Waals surface area contributed by atoms with Crippen LogP contribution in [0.5, 0.6) is 0 Å². The zero-order valence-corrected chi connectivity index (χ0v) is 9.97. The fraction of sp³-hybridized carbons (Fsp3) is 0.417. The Labute approximate surface area is 100 Å². The Morgan fingerprint density at radius 2 is 2.44 bits per heavy atom. The summed E-state index contributed by atoms with van der Waals surface area (Å²) in [5, 5.41) is 6.99. The van der Waals surface area contributed by atoms with Crippen LogP contribution < -0.4 is 10.6 Å². The van der Waals surface area contributed by atoms with Gasteiger partial charge in [-0.1, -0.05) is 30.7 Å². The molecule has 0 aromatic heterocycles. The number of amides is 1. The molecule has 0 fully saturated rings. The predicted molar refractivity (Wildman–Crippen MR) is 64.3 cm³/mol. The number of carbonyl (C=O) groups is 1. The first-order chi connectivity index (χ1) is 7.72. The first-order valence-corrected chi connectivity index (χ1v) is 5.87. The van der Waals surface area contributed by atoms with Crippen LogP contribution in [0.1, 0.15) is 30.5 Å². The van der Waals surface area contributed by atoms with E-state index in [-0.39, 0.29) is 11.9 Å². The number of fused-ring (bicyclic) bond motifs is 1. The summed E-state index contributed by atoms with van der Waals surface area (Å²) in [6.07, 6.45) is 0.496. The summed E-state index contributed by atoms with van der Waals surface area (Å²) in [5.41, 5.74) is 2.23. The molecule has 0 aliphatic carbocycles. The molecule has 1 aliphatic rings. The molecule has 0 saturated carbocycles. The molecule has 2 N–H and O–H groups in total. The molecule has 1 amide bonds. The molecule has 1 aromatic rings. The summed E-state index contributed by atoms with van der Waals surface area (Å²) < 4.78 is 0. The zero-order chi connectivity index (χ0) is 11.5. The summed E-state index contributed by atoms with van der Waals surface area (Å²) in [7, 11) is 0. The van der Waals surface area contributed by atoms with Crippen molar-refractivity contribution in [1.29, 1.82) is 0 Å². The lowest BCUT2D eigenvalue weighted by molar-refractivity contribution is -0.121. The summed E-state index contributed by atoms with van der Waals surface area (Å²) in [5.74, 6) is 0.0552. The van der Waals surface area contributed by atoms with Gasteiger partial charge in [0.25, 0.3) is 0 Å². The van der Waals surface area contributed by atoms with Crippen LogP contribution in [-0.2, 0) is 11.3 Å². The van der Waals surface area contributed by atoms with Gasteiger partial charge in [0.05, 0.1) is 6.04 Å². The van der Waals surface area contributed by atoms with Crippen LogP contribution in [0.4, 0.5) is 0 Å². The molecule has 0 spiro atoms. The highest BCUT2D eigenvalue weighted by Crippen LogP contribution is 2.29. The minimum Gasteiger partial charge on any atom is -0.348 e. The van der Waals surface area contributed by atoms with Crippen molar-refractivity contribution in [1.82, 2.24) is 10.6 Å². The molecule has 1 heterocycles. The molecule has 1 atom stereocenters. The Morgan fingerprint density at radius 3 is 3.19 bits per heavy atom. The van der Waals surface area contributed by atoms with Crippen molar-refractivity contribution in [2.24, 2.45) is 0 Å². The molecule has 16 heavy (non-hydrogen) atoms. The van der Waals surface area contributed by atoms with E-state index in [0.717, 1.165) is 23.7 Å². The minimum atomic E-state index is -0.00935. The summed E-state index contributed by atoms with van der Waals surface area (Å²) >= 11 is 6.18. The SMILES string of the molecule is CCC(=O)NC1CNCc2cccc(Cl)c21. The van der Waals surface area contributed by atoms with Crippen LogP contribution in [-0.4, -0.2) is 12.5 Å².